The second-order valence-corrected chi connectivity index (χ2v) is 10.1. The SMILES string of the molecule is Cc1nn(Cc2ccc(S(C)(=O)=O)cc2)c(C)c1NC(=O)c1cc(C(N)=O)c2c(F)cccc2n1. The number of carbonyl (C=O) groups is 2. The van der Waals surface area contributed by atoms with Crippen LogP contribution in [0.25, 0.3) is 10.9 Å². The molecule has 2 amide bonds. The van der Waals surface area contributed by atoms with Gasteiger partial charge in [-0.2, -0.15) is 5.10 Å². The van der Waals surface area contributed by atoms with Crippen molar-refractivity contribution >= 4 is 38.2 Å². The molecule has 0 saturated heterocycles. The lowest BCUT2D eigenvalue weighted by molar-refractivity contribution is 0.100. The Labute approximate surface area is 200 Å². The number of nitrogens with two attached hydrogens (primary N) is 1. The van der Waals surface area contributed by atoms with Gasteiger partial charge in [0, 0.05) is 11.6 Å². The highest BCUT2D eigenvalue weighted by atomic mass is 32.2. The molecule has 2 heterocycles. The van der Waals surface area contributed by atoms with Crippen molar-refractivity contribution in [2.45, 2.75) is 25.3 Å². The summed E-state index contributed by atoms with van der Waals surface area (Å²) in [5.41, 5.74) is 7.80. The van der Waals surface area contributed by atoms with E-state index >= 15 is 0 Å². The Morgan fingerprint density at radius 1 is 1.11 bits per heavy atom. The zero-order chi connectivity index (χ0) is 25.5. The molecule has 2 aromatic heterocycles. The highest BCUT2D eigenvalue weighted by Crippen LogP contribution is 2.24. The summed E-state index contributed by atoms with van der Waals surface area (Å²) >= 11 is 0. The normalized spacial score (nSPS) is 11.5. The van der Waals surface area contributed by atoms with Gasteiger partial charge in [0.15, 0.2) is 9.84 Å². The molecule has 9 nitrogen and oxygen atoms in total. The van der Waals surface area contributed by atoms with E-state index in [4.69, 9.17) is 5.73 Å². The lowest BCUT2D eigenvalue weighted by Crippen LogP contribution is -2.18. The predicted octanol–water partition coefficient (Wildman–Crippen LogP) is 2.99. The fourth-order valence-corrected chi connectivity index (χ4v) is 4.41. The van der Waals surface area contributed by atoms with Gasteiger partial charge >= 0.3 is 0 Å². The fraction of sp³-hybridized carbons (Fsp3) is 0.167. The van der Waals surface area contributed by atoms with Gasteiger partial charge in [-0.15, -0.1) is 0 Å². The van der Waals surface area contributed by atoms with Crippen LogP contribution in [0.15, 0.2) is 53.4 Å². The molecule has 0 unspecified atom stereocenters. The Balaban J connectivity index is 1.62. The summed E-state index contributed by atoms with van der Waals surface area (Å²) in [5, 5.41) is 7.19. The van der Waals surface area contributed by atoms with Crippen LogP contribution in [0.4, 0.5) is 10.1 Å². The van der Waals surface area contributed by atoms with Crippen LogP contribution in [-0.2, 0) is 16.4 Å². The Morgan fingerprint density at radius 2 is 1.80 bits per heavy atom. The topological polar surface area (TPSA) is 137 Å². The van der Waals surface area contributed by atoms with E-state index in [0.29, 0.717) is 23.6 Å². The van der Waals surface area contributed by atoms with Crippen LogP contribution in [0.3, 0.4) is 0 Å². The van der Waals surface area contributed by atoms with Gasteiger partial charge in [0.05, 0.1) is 39.6 Å². The number of pyridine rings is 1. The molecule has 0 bridgehead atoms. The number of fused-ring (bicyclic) bond motifs is 1. The third kappa shape index (κ3) is 4.76. The summed E-state index contributed by atoms with van der Waals surface area (Å²) in [6, 6.07) is 11.7. The first kappa shape index (κ1) is 24.0. The van der Waals surface area contributed by atoms with Crippen LogP contribution >= 0.6 is 0 Å². The Morgan fingerprint density at radius 3 is 2.43 bits per heavy atom. The van der Waals surface area contributed by atoms with Gasteiger partial charge in [0.2, 0.25) is 5.91 Å². The third-order valence-electron chi connectivity index (χ3n) is 5.58. The van der Waals surface area contributed by atoms with Gasteiger partial charge in [-0.3, -0.25) is 14.3 Å². The van der Waals surface area contributed by atoms with Crippen LogP contribution in [-0.4, -0.2) is 41.3 Å². The number of sulfone groups is 1. The lowest BCUT2D eigenvalue weighted by atomic mass is 10.1. The molecule has 4 rings (SSSR count). The number of aryl methyl sites for hydroxylation is 1. The molecule has 0 aliphatic rings. The number of nitrogens with zero attached hydrogens (tertiary/aromatic N) is 3. The number of hydrogen-bond donors (Lipinski definition) is 2. The average Bonchev–Trinajstić information content (AvgIpc) is 3.05. The van der Waals surface area contributed by atoms with E-state index in [1.54, 1.807) is 30.7 Å². The van der Waals surface area contributed by atoms with E-state index in [2.05, 4.69) is 15.4 Å². The molecule has 0 atom stereocenters. The zero-order valence-electron chi connectivity index (χ0n) is 19.2. The molecule has 0 fully saturated rings. The van der Waals surface area contributed by atoms with E-state index in [1.165, 1.54) is 36.4 Å². The molecule has 0 aliphatic carbocycles. The summed E-state index contributed by atoms with van der Waals surface area (Å²) < 4.78 is 39.3. The molecule has 0 radical (unpaired) electrons. The van der Waals surface area contributed by atoms with E-state index in [1.807, 2.05) is 0 Å². The molecule has 0 saturated carbocycles. The number of rotatable bonds is 6. The second-order valence-electron chi connectivity index (χ2n) is 8.13. The molecular weight excluding hydrogens is 473 g/mol. The van der Waals surface area contributed by atoms with Crippen LogP contribution in [0, 0.1) is 19.7 Å². The second kappa shape index (κ2) is 8.91. The van der Waals surface area contributed by atoms with Crippen LogP contribution in [0.1, 0.15) is 37.8 Å². The van der Waals surface area contributed by atoms with E-state index in [9.17, 15) is 22.4 Å². The molecule has 4 aromatic rings. The first-order valence-electron chi connectivity index (χ1n) is 10.5. The van der Waals surface area contributed by atoms with Gasteiger partial charge in [0.25, 0.3) is 5.91 Å². The van der Waals surface area contributed by atoms with Gasteiger partial charge in [-0.25, -0.2) is 17.8 Å². The van der Waals surface area contributed by atoms with Crippen molar-refractivity contribution in [2.75, 3.05) is 11.6 Å². The van der Waals surface area contributed by atoms with Crippen molar-refractivity contribution < 1.29 is 22.4 Å². The Bertz CT molecular complexity index is 1590. The van der Waals surface area contributed by atoms with Crippen LogP contribution in [0.5, 0.6) is 0 Å². The largest absolute Gasteiger partial charge is 0.366 e. The molecule has 0 aliphatic heterocycles. The number of anilines is 1. The van der Waals surface area contributed by atoms with Crippen molar-refractivity contribution in [2.24, 2.45) is 5.73 Å². The summed E-state index contributed by atoms with van der Waals surface area (Å²) in [5.74, 6) is -2.14. The molecular formula is C24H22FN5O4S. The fourth-order valence-electron chi connectivity index (χ4n) is 3.78. The summed E-state index contributed by atoms with van der Waals surface area (Å²) in [7, 11) is -3.29. The van der Waals surface area contributed by atoms with Crippen LogP contribution < -0.4 is 11.1 Å². The number of halogens is 1. The minimum absolute atomic E-state index is 0.0429. The maximum atomic E-state index is 14.3. The molecule has 11 heteroatoms. The van der Waals surface area contributed by atoms with E-state index < -0.39 is 27.5 Å². The summed E-state index contributed by atoms with van der Waals surface area (Å²) in [4.78, 5) is 29.3. The minimum atomic E-state index is -3.29. The van der Waals surface area contributed by atoms with E-state index in [0.717, 1.165) is 11.8 Å². The monoisotopic (exact) mass is 495 g/mol. The average molecular weight is 496 g/mol. The highest BCUT2D eigenvalue weighted by Gasteiger charge is 2.20. The van der Waals surface area contributed by atoms with E-state index in [-0.39, 0.29) is 27.1 Å². The molecule has 180 valence electrons. The predicted molar refractivity (Wildman–Crippen MR) is 129 cm³/mol. The smallest absolute Gasteiger partial charge is 0.274 e. The van der Waals surface area contributed by atoms with Crippen molar-refractivity contribution in [3.05, 3.63) is 82.6 Å². The summed E-state index contributed by atoms with van der Waals surface area (Å²) in [6.07, 6.45) is 1.14. The first-order valence-corrected chi connectivity index (χ1v) is 12.4. The standard InChI is InChI=1S/C24H22FN5O4S/c1-13-22(14(2)30(29-13)12-15-7-9-16(10-8-15)35(3,33)34)28-24(32)20-11-17(23(26)31)21-18(25)5-4-6-19(21)27-20/h4-11H,12H2,1-3H3,(H2,26,31)(H,28,32). The van der Waals surface area contributed by atoms with Gasteiger partial charge in [-0.05, 0) is 49.7 Å². The number of primary amides is 1. The number of hydrogen-bond acceptors (Lipinski definition) is 6. The molecule has 3 N–H and O–H groups in total. The number of benzene rings is 2. The third-order valence-corrected chi connectivity index (χ3v) is 6.71. The number of aromatic nitrogens is 3. The van der Waals surface area contributed by atoms with Crippen molar-refractivity contribution in [1.82, 2.24) is 14.8 Å². The minimum Gasteiger partial charge on any atom is -0.366 e. The summed E-state index contributed by atoms with van der Waals surface area (Å²) in [6.45, 7) is 3.86. The van der Waals surface area contributed by atoms with Gasteiger partial charge < -0.3 is 11.1 Å². The Kier molecular flexibility index (Phi) is 6.12. The quantitative estimate of drug-likeness (QED) is 0.422. The molecule has 0 spiro atoms. The lowest BCUT2D eigenvalue weighted by Gasteiger charge is -2.10. The number of nitrogens with one attached hydrogen (secondary N) is 1. The zero-order valence-corrected chi connectivity index (χ0v) is 20.0. The number of amides is 2. The Hall–Kier alpha value is -4.12. The van der Waals surface area contributed by atoms with Gasteiger partial charge in [0.1, 0.15) is 11.5 Å². The molecule has 2 aromatic carbocycles. The maximum absolute atomic E-state index is 14.3. The molecule has 35 heavy (non-hydrogen) atoms. The van der Waals surface area contributed by atoms with Crippen molar-refractivity contribution in [1.29, 1.82) is 0 Å². The maximum Gasteiger partial charge on any atom is 0.274 e. The highest BCUT2D eigenvalue weighted by molar-refractivity contribution is 7.90. The van der Waals surface area contributed by atoms with Gasteiger partial charge in [-0.1, -0.05) is 18.2 Å². The van der Waals surface area contributed by atoms with Crippen molar-refractivity contribution in [3.8, 4) is 0 Å². The van der Waals surface area contributed by atoms with Crippen molar-refractivity contribution in [3.63, 3.8) is 0 Å². The van der Waals surface area contributed by atoms with Crippen LogP contribution in [0.2, 0.25) is 0 Å². The number of carbonyl (C=O) groups excluding carboxylic acids is 2. The first-order chi connectivity index (χ1) is 16.5.